The van der Waals surface area contributed by atoms with E-state index >= 15 is 0 Å². The highest BCUT2D eigenvalue weighted by atomic mass is 16.5. The molecule has 2 N–H and O–H groups in total. The van der Waals surface area contributed by atoms with Crippen molar-refractivity contribution >= 4 is 11.9 Å². The minimum Gasteiger partial charge on any atom is -0.473 e. The first kappa shape index (κ1) is 20.6. The van der Waals surface area contributed by atoms with Crippen molar-refractivity contribution in [1.29, 1.82) is 0 Å². The molecule has 0 spiro atoms. The van der Waals surface area contributed by atoms with Gasteiger partial charge in [0.05, 0.1) is 6.61 Å². The molecule has 0 aliphatic heterocycles. The summed E-state index contributed by atoms with van der Waals surface area (Å²) >= 11 is 0. The van der Waals surface area contributed by atoms with Crippen LogP contribution in [0.3, 0.4) is 0 Å². The zero-order valence-electron chi connectivity index (χ0n) is 15.6. The van der Waals surface area contributed by atoms with Gasteiger partial charge in [-0.1, -0.05) is 48.5 Å². The Morgan fingerprint density at radius 1 is 0.926 bits per heavy atom. The lowest BCUT2D eigenvalue weighted by molar-refractivity contribution is -0.159. The molecule has 0 saturated carbocycles. The maximum absolute atomic E-state index is 9.10. The van der Waals surface area contributed by atoms with Gasteiger partial charge in [-0.15, -0.1) is 0 Å². The summed E-state index contributed by atoms with van der Waals surface area (Å²) in [5.74, 6) is -3.65. The van der Waals surface area contributed by atoms with Crippen LogP contribution in [-0.2, 0) is 27.2 Å². The molecular formula is C21H25NO5. The average molecular weight is 371 g/mol. The van der Waals surface area contributed by atoms with Crippen LogP contribution in [0.15, 0.2) is 48.5 Å². The van der Waals surface area contributed by atoms with Gasteiger partial charge in [-0.2, -0.15) is 0 Å². The number of rotatable bonds is 4. The average Bonchev–Trinajstić information content (AvgIpc) is 2.80. The minimum absolute atomic E-state index is 0.0693. The van der Waals surface area contributed by atoms with Crippen LogP contribution in [0.5, 0.6) is 0 Å². The predicted octanol–water partition coefficient (Wildman–Crippen LogP) is 2.61. The van der Waals surface area contributed by atoms with Crippen molar-refractivity contribution in [2.75, 3.05) is 27.2 Å². The quantitative estimate of drug-likeness (QED) is 0.804. The lowest BCUT2D eigenvalue weighted by atomic mass is 9.97. The largest absolute Gasteiger partial charge is 0.473 e. The molecule has 2 aromatic rings. The number of nitrogens with zero attached hydrogens (tertiary/aromatic N) is 1. The van der Waals surface area contributed by atoms with Crippen molar-refractivity contribution < 1.29 is 24.5 Å². The first-order valence-corrected chi connectivity index (χ1v) is 8.78. The normalized spacial score (nSPS) is 13.0. The molecule has 1 aliphatic rings. The number of benzene rings is 2. The summed E-state index contributed by atoms with van der Waals surface area (Å²) in [6.07, 6.45) is 2.27. The van der Waals surface area contributed by atoms with Crippen molar-refractivity contribution in [3.05, 3.63) is 70.8 Å². The molecule has 0 bridgehead atoms. The lowest BCUT2D eigenvalue weighted by Crippen LogP contribution is -2.20. The van der Waals surface area contributed by atoms with Crippen LogP contribution in [0.4, 0.5) is 0 Å². The van der Waals surface area contributed by atoms with Crippen LogP contribution in [0, 0.1) is 0 Å². The Labute approximate surface area is 159 Å². The van der Waals surface area contributed by atoms with Crippen LogP contribution in [-0.4, -0.2) is 54.3 Å². The Balaban J connectivity index is 0.000000380. The smallest absolute Gasteiger partial charge is 0.414 e. The van der Waals surface area contributed by atoms with Crippen LogP contribution < -0.4 is 0 Å². The molecule has 3 rings (SSSR count). The molecule has 1 aliphatic carbocycles. The molecule has 0 amide bonds. The molecule has 27 heavy (non-hydrogen) atoms. The monoisotopic (exact) mass is 371 g/mol. The molecule has 6 heteroatoms. The Hall–Kier alpha value is -2.70. The third-order valence-corrected chi connectivity index (χ3v) is 4.34. The Kier molecular flexibility index (Phi) is 7.52. The van der Waals surface area contributed by atoms with Crippen LogP contribution >= 0.6 is 0 Å². The molecule has 6 nitrogen and oxygen atoms in total. The Bertz CT molecular complexity index is 728. The molecule has 0 saturated heterocycles. The number of aryl methyl sites for hydroxylation is 2. The van der Waals surface area contributed by atoms with Crippen molar-refractivity contribution in [1.82, 2.24) is 4.90 Å². The number of carbonyl (C=O) groups is 2. The summed E-state index contributed by atoms with van der Waals surface area (Å²) in [5.41, 5.74) is 5.51. The summed E-state index contributed by atoms with van der Waals surface area (Å²) in [4.78, 5) is 20.4. The standard InChI is InChI=1S/C19H23NO.C2H2O4/c1-20(2)13-14-21-19-17-9-5-3-7-15(17)11-12-16-8-4-6-10-18(16)19;3-1(4)2(5)6/h3-10,19H,11-14H2,1-2H3;(H,3,4)(H,5,6). The highest BCUT2D eigenvalue weighted by molar-refractivity contribution is 6.27. The summed E-state index contributed by atoms with van der Waals surface area (Å²) < 4.78 is 6.29. The topological polar surface area (TPSA) is 87.1 Å². The van der Waals surface area contributed by atoms with E-state index < -0.39 is 11.9 Å². The van der Waals surface area contributed by atoms with Gasteiger partial charge in [0, 0.05) is 6.54 Å². The number of carboxylic acids is 2. The lowest BCUT2D eigenvalue weighted by Gasteiger charge is -2.22. The summed E-state index contributed by atoms with van der Waals surface area (Å²) in [5, 5.41) is 14.8. The second kappa shape index (κ2) is 9.85. The van der Waals surface area contributed by atoms with Gasteiger partial charge in [-0.3, -0.25) is 0 Å². The highest BCUT2D eigenvalue weighted by Crippen LogP contribution is 2.34. The van der Waals surface area contributed by atoms with E-state index in [2.05, 4.69) is 67.5 Å². The van der Waals surface area contributed by atoms with Gasteiger partial charge in [0.15, 0.2) is 0 Å². The first-order chi connectivity index (χ1) is 12.9. The number of ether oxygens (including phenoxy) is 1. The van der Waals surface area contributed by atoms with E-state index in [0.29, 0.717) is 0 Å². The fraction of sp³-hybridized carbons (Fsp3) is 0.333. The minimum atomic E-state index is -1.82. The van der Waals surface area contributed by atoms with Crippen molar-refractivity contribution in [2.45, 2.75) is 18.9 Å². The molecule has 0 radical (unpaired) electrons. The van der Waals surface area contributed by atoms with Gasteiger partial charge in [0.1, 0.15) is 6.10 Å². The zero-order valence-corrected chi connectivity index (χ0v) is 15.6. The van der Waals surface area contributed by atoms with Gasteiger partial charge in [0.25, 0.3) is 0 Å². The number of likely N-dealkylation sites (N-methyl/N-ethyl adjacent to an activating group) is 1. The van der Waals surface area contributed by atoms with E-state index in [1.807, 2.05) is 0 Å². The van der Waals surface area contributed by atoms with Crippen LogP contribution in [0.25, 0.3) is 0 Å². The molecule has 0 heterocycles. The Morgan fingerprint density at radius 2 is 1.37 bits per heavy atom. The molecule has 0 unspecified atom stereocenters. The van der Waals surface area contributed by atoms with E-state index in [4.69, 9.17) is 24.5 Å². The molecule has 0 aromatic heterocycles. The molecule has 0 fully saturated rings. The SMILES string of the molecule is CN(C)CCOC1c2ccccc2CCc2ccccc21.O=C(O)C(=O)O. The van der Waals surface area contributed by atoms with E-state index in [9.17, 15) is 0 Å². The van der Waals surface area contributed by atoms with Crippen molar-refractivity contribution in [3.63, 3.8) is 0 Å². The second-order valence-electron chi connectivity index (χ2n) is 6.56. The fourth-order valence-electron chi connectivity index (χ4n) is 3.00. The van der Waals surface area contributed by atoms with Crippen LogP contribution in [0.1, 0.15) is 28.4 Å². The molecular weight excluding hydrogens is 346 g/mol. The number of hydrogen-bond acceptors (Lipinski definition) is 4. The van der Waals surface area contributed by atoms with Crippen LogP contribution in [0.2, 0.25) is 0 Å². The Morgan fingerprint density at radius 3 is 1.78 bits per heavy atom. The van der Waals surface area contributed by atoms with Gasteiger partial charge in [-0.05, 0) is 49.2 Å². The van der Waals surface area contributed by atoms with Crippen molar-refractivity contribution in [3.8, 4) is 0 Å². The molecule has 144 valence electrons. The number of aliphatic carboxylic acids is 2. The van der Waals surface area contributed by atoms with E-state index in [1.54, 1.807) is 0 Å². The second-order valence-corrected chi connectivity index (χ2v) is 6.56. The third kappa shape index (κ3) is 5.91. The summed E-state index contributed by atoms with van der Waals surface area (Å²) in [7, 11) is 4.16. The highest BCUT2D eigenvalue weighted by Gasteiger charge is 2.23. The maximum Gasteiger partial charge on any atom is 0.414 e. The summed E-state index contributed by atoms with van der Waals surface area (Å²) in [6, 6.07) is 17.4. The van der Waals surface area contributed by atoms with Gasteiger partial charge < -0.3 is 19.8 Å². The fourth-order valence-corrected chi connectivity index (χ4v) is 3.00. The van der Waals surface area contributed by atoms with Crippen molar-refractivity contribution in [2.24, 2.45) is 0 Å². The summed E-state index contributed by atoms with van der Waals surface area (Å²) in [6.45, 7) is 1.70. The van der Waals surface area contributed by atoms with E-state index in [1.165, 1.54) is 22.3 Å². The van der Waals surface area contributed by atoms with Gasteiger partial charge in [-0.25, -0.2) is 9.59 Å². The zero-order chi connectivity index (χ0) is 19.8. The maximum atomic E-state index is 9.10. The molecule has 0 atom stereocenters. The predicted molar refractivity (Wildman–Crippen MR) is 102 cm³/mol. The molecule has 2 aromatic carbocycles. The number of fused-ring (bicyclic) bond motifs is 2. The third-order valence-electron chi connectivity index (χ3n) is 4.34. The first-order valence-electron chi connectivity index (χ1n) is 8.78. The van der Waals surface area contributed by atoms with Gasteiger partial charge >= 0.3 is 11.9 Å². The number of carboxylic acid groups (broad SMARTS) is 2. The van der Waals surface area contributed by atoms with Gasteiger partial charge in [0.2, 0.25) is 0 Å². The van der Waals surface area contributed by atoms with E-state index in [0.717, 1.165) is 26.0 Å². The number of hydrogen-bond donors (Lipinski definition) is 2. The van der Waals surface area contributed by atoms with E-state index in [-0.39, 0.29) is 6.10 Å².